The number of carbonyl (C=O) groups excluding carboxylic acids is 2. The van der Waals surface area contributed by atoms with E-state index in [1.807, 2.05) is 0 Å². The van der Waals surface area contributed by atoms with Gasteiger partial charge in [-0.2, -0.15) is 0 Å². The highest BCUT2D eigenvalue weighted by Gasteiger charge is 2.35. The maximum absolute atomic E-state index is 13.8. The van der Waals surface area contributed by atoms with E-state index in [4.69, 9.17) is 10.5 Å². The number of rotatable bonds is 3. The molecule has 0 aromatic heterocycles. The Kier molecular flexibility index (Phi) is 6.91. The van der Waals surface area contributed by atoms with Crippen molar-refractivity contribution in [3.05, 3.63) is 35.4 Å². The van der Waals surface area contributed by atoms with Crippen LogP contribution in [0.3, 0.4) is 0 Å². The third kappa shape index (κ3) is 4.31. The monoisotopic (exact) mass is 389 g/mol. The van der Waals surface area contributed by atoms with Crippen molar-refractivity contribution in [3.8, 4) is 0 Å². The Morgan fingerprint density at radius 1 is 1.12 bits per heavy atom. The fourth-order valence-corrected chi connectivity index (χ4v) is 3.23. The summed E-state index contributed by atoms with van der Waals surface area (Å²) in [5, 5.41) is 0. The molecule has 6 nitrogen and oxygen atoms in total. The first-order valence-corrected chi connectivity index (χ1v) is 8.38. The number of piperazine rings is 1. The number of amides is 2. The summed E-state index contributed by atoms with van der Waals surface area (Å²) in [4.78, 5) is 28.0. The number of halogens is 3. The molecule has 2 N–H and O–H groups in total. The van der Waals surface area contributed by atoms with Crippen LogP contribution in [0, 0.1) is 11.6 Å². The van der Waals surface area contributed by atoms with Crippen LogP contribution in [0.4, 0.5) is 8.78 Å². The summed E-state index contributed by atoms with van der Waals surface area (Å²) < 4.78 is 32.3. The van der Waals surface area contributed by atoms with Crippen LogP contribution in [-0.4, -0.2) is 66.5 Å². The highest BCUT2D eigenvalue weighted by atomic mass is 35.5. The zero-order valence-electron chi connectivity index (χ0n) is 14.2. The maximum atomic E-state index is 13.8. The summed E-state index contributed by atoms with van der Waals surface area (Å²) in [6, 6.07) is 2.89. The first kappa shape index (κ1) is 20.5. The van der Waals surface area contributed by atoms with Crippen molar-refractivity contribution < 1.29 is 23.1 Å². The normalized spacial score (nSPS) is 22.9. The molecule has 2 heterocycles. The second-order valence-corrected chi connectivity index (χ2v) is 6.30. The Morgan fingerprint density at radius 3 is 2.35 bits per heavy atom. The molecule has 0 bridgehead atoms. The fourth-order valence-electron chi connectivity index (χ4n) is 3.23. The van der Waals surface area contributed by atoms with E-state index in [9.17, 15) is 18.4 Å². The topological polar surface area (TPSA) is 75.9 Å². The maximum Gasteiger partial charge on any atom is 0.256 e. The summed E-state index contributed by atoms with van der Waals surface area (Å²) in [5.41, 5.74) is 5.39. The van der Waals surface area contributed by atoms with Gasteiger partial charge < -0.3 is 20.3 Å². The zero-order valence-corrected chi connectivity index (χ0v) is 15.0. The molecule has 2 aliphatic heterocycles. The summed E-state index contributed by atoms with van der Waals surface area (Å²) in [5.74, 6) is -2.19. The van der Waals surface area contributed by atoms with Crippen LogP contribution in [0.5, 0.6) is 0 Å². The third-order valence-electron chi connectivity index (χ3n) is 4.69. The Morgan fingerprint density at radius 2 is 1.77 bits per heavy atom. The van der Waals surface area contributed by atoms with E-state index in [0.717, 1.165) is 18.6 Å². The van der Waals surface area contributed by atoms with Gasteiger partial charge in [-0.3, -0.25) is 9.59 Å². The van der Waals surface area contributed by atoms with Gasteiger partial charge in [-0.05, 0) is 25.0 Å². The minimum atomic E-state index is -0.879. The number of ether oxygens (including phenoxy) is 1. The van der Waals surface area contributed by atoms with Crippen LogP contribution in [0.15, 0.2) is 18.2 Å². The van der Waals surface area contributed by atoms with Gasteiger partial charge in [0.2, 0.25) is 0 Å². The number of nitrogens with two attached hydrogens (primary N) is 1. The second kappa shape index (κ2) is 8.75. The average Bonchev–Trinajstić information content (AvgIpc) is 3.10. The van der Waals surface area contributed by atoms with Crippen LogP contribution < -0.4 is 5.73 Å². The van der Waals surface area contributed by atoms with Gasteiger partial charge in [-0.15, -0.1) is 12.4 Å². The lowest BCUT2D eigenvalue weighted by molar-refractivity contribution is -0.144. The van der Waals surface area contributed by atoms with E-state index >= 15 is 0 Å². The number of hydrogen-bond acceptors (Lipinski definition) is 4. The molecule has 0 unspecified atom stereocenters. The Balaban J connectivity index is 0.00000243. The Labute approximate surface area is 156 Å². The molecule has 9 heteroatoms. The molecule has 1 aromatic rings. The average molecular weight is 390 g/mol. The second-order valence-electron chi connectivity index (χ2n) is 6.30. The molecule has 2 fully saturated rings. The predicted octanol–water partition coefficient (Wildman–Crippen LogP) is 1.18. The first-order chi connectivity index (χ1) is 12.0. The largest absolute Gasteiger partial charge is 0.364 e. The lowest BCUT2D eigenvalue weighted by Gasteiger charge is -2.35. The molecular formula is C17H22ClF2N3O3. The molecule has 2 atom stereocenters. The summed E-state index contributed by atoms with van der Waals surface area (Å²) in [6.07, 6.45) is 0.888. The summed E-state index contributed by atoms with van der Waals surface area (Å²) >= 11 is 0. The smallest absolute Gasteiger partial charge is 0.256 e. The highest BCUT2D eigenvalue weighted by molar-refractivity contribution is 5.94. The van der Waals surface area contributed by atoms with Crippen LogP contribution >= 0.6 is 12.4 Å². The minimum Gasteiger partial charge on any atom is -0.364 e. The number of carbonyl (C=O) groups is 2. The van der Waals surface area contributed by atoms with Crippen molar-refractivity contribution in [3.63, 3.8) is 0 Å². The number of nitrogens with zero attached hydrogens (tertiary/aromatic N) is 2. The van der Waals surface area contributed by atoms with Gasteiger partial charge in [-0.25, -0.2) is 8.78 Å². The number of hydrogen-bond donors (Lipinski definition) is 1. The van der Waals surface area contributed by atoms with E-state index in [1.54, 1.807) is 4.90 Å². The van der Waals surface area contributed by atoms with Crippen LogP contribution in [0.1, 0.15) is 23.2 Å². The SMILES string of the molecule is Cl.NC[C@H]1CC[C@@H](C(=O)N2CCN(C(=O)c3ccc(F)cc3F)CC2)O1. The molecule has 0 saturated carbocycles. The van der Waals surface area contributed by atoms with Gasteiger partial charge in [0, 0.05) is 38.8 Å². The lowest BCUT2D eigenvalue weighted by Crippen LogP contribution is -2.53. The minimum absolute atomic E-state index is 0. The van der Waals surface area contributed by atoms with E-state index in [2.05, 4.69) is 0 Å². The molecule has 2 saturated heterocycles. The van der Waals surface area contributed by atoms with E-state index in [1.165, 1.54) is 4.90 Å². The quantitative estimate of drug-likeness (QED) is 0.842. The van der Waals surface area contributed by atoms with Gasteiger partial charge in [0.15, 0.2) is 0 Å². The molecule has 144 valence electrons. The van der Waals surface area contributed by atoms with Crippen LogP contribution in [0.25, 0.3) is 0 Å². The van der Waals surface area contributed by atoms with Gasteiger partial charge in [0.05, 0.1) is 11.7 Å². The molecular weight excluding hydrogens is 368 g/mol. The molecule has 0 aliphatic carbocycles. The van der Waals surface area contributed by atoms with Crippen molar-refractivity contribution >= 4 is 24.2 Å². The summed E-state index contributed by atoms with van der Waals surface area (Å²) in [6.45, 7) is 1.72. The molecule has 2 aliphatic rings. The highest BCUT2D eigenvalue weighted by Crippen LogP contribution is 2.22. The Hall–Kier alpha value is -1.77. The molecule has 0 radical (unpaired) electrons. The molecule has 0 spiro atoms. The van der Waals surface area contributed by atoms with E-state index in [-0.39, 0.29) is 30.0 Å². The van der Waals surface area contributed by atoms with Crippen molar-refractivity contribution in [1.82, 2.24) is 9.80 Å². The molecule has 3 rings (SSSR count). The summed E-state index contributed by atoms with van der Waals surface area (Å²) in [7, 11) is 0. The standard InChI is InChI=1S/C17H21F2N3O3.ClH/c18-11-1-3-13(14(19)9-11)16(23)21-5-7-22(8-6-21)17(24)15-4-2-12(10-20)25-15;/h1,3,9,12,15H,2,4-8,10,20H2;1H/t12-,15+;/m1./s1. The van der Waals surface area contributed by atoms with Crippen molar-refractivity contribution in [1.29, 1.82) is 0 Å². The van der Waals surface area contributed by atoms with Crippen molar-refractivity contribution in [2.45, 2.75) is 25.0 Å². The van der Waals surface area contributed by atoms with E-state index < -0.39 is 23.6 Å². The van der Waals surface area contributed by atoms with Gasteiger partial charge >= 0.3 is 0 Å². The molecule has 2 amide bonds. The molecule has 1 aromatic carbocycles. The molecule has 26 heavy (non-hydrogen) atoms. The van der Waals surface area contributed by atoms with Gasteiger partial charge in [0.1, 0.15) is 17.7 Å². The van der Waals surface area contributed by atoms with Crippen LogP contribution in [-0.2, 0) is 9.53 Å². The van der Waals surface area contributed by atoms with E-state index in [0.29, 0.717) is 45.2 Å². The zero-order chi connectivity index (χ0) is 18.0. The van der Waals surface area contributed by atoms with Crippen LogP contribution in [0.2, 0.25) is 0 Å². The predicted molar refractivity (Wildman–Crippen MR) is 93.0 cm³/mol. The fraction of sp³-hybridized carbons (Fsp3) is 0.529. The first-order valence-electron chi connectivity index (χ1n) is 8.38. The van der Waals surface area contributed by atoms with Crippen molar-refractivity contribution in [2.75, 3.05) is 32.7 Å². The van der Waals surface area contributed by atoms with Gasteiger partial charge in [-0.1, -0.05) is 0 Å². The van der Waals surface area contributed by atoms with Gasteiger partial charge in [0.25, 0.3) is 11.8 Å². The third-order valence-corrected chi connectivity index (χ3v) is 4.69. The Bertz CT molecular complexity index is 669. The van der Waals surface area contributed by atoms with Crippen molar-refractivity contribution in [2.24, 2.45) is 5.73 Å². The lowest BCUT2D eigenvalue weighted by atomic mass is 10.1. The number of benzene rings is 1.